The van der Waals surface area contributed by atoms with Crippen molar-refractivity contribution >= 4 is 5.97 Å². The molecule has 0 aromatic rings. The molecule has 0 aromatic carbocycles. The molecular weight excluding hydrogens is 190 g/mol. The van der Waals surface area contributed by atoms with E-state index in [0.29, 0.717) is 12.6 Å². The average molecular weight is 211 g/mol. The van der Waals surface area contributed by atoms with Crippen molar-refractivity contribution in [3.63, 3.8) is 0 Å². The first kappa shape index (κ1) is 10.9. The van der Waals surface area contributed by atoms with Gasteiger partial charge in [0.15, 0.2) is 0 Å². The van der Waals surface area contributed by atoms with Crippen LogP contribution in [0.4, 0.5) is 0 Å². The third-order valence-corrected chi connectivity index (χ3v) is 3.69. The second-order valence-electron chi connectivity index (χ2n) is 4.60. The van der Waals surface area contributed by atoms with Crippen molar-refractivity contribution in [2.75, 3.05) is 19.7 Å². The minimum absolute atomic E-state index is 0.0272. The third-order valence-electron chi connectivity index (χ3n) is 3.69. The van der Waals surface area contributed by atoms with Crippen LogP contribution in [0.15, 0.2) is 0 Å². The Morgan fingerprint density at radius 1 is 1.27 bits per heavy atom. The summed E-state index contributed by atoms with van der Waals surface area (Å²) in [5, 5.41) is 0. The maximum absolute atomic E-state index is 11.6. The molecule has 1 heterocycles. The van der Waals surface area contributed by atoms with Gasteiger partial charge < -0.3 is 4.74 Å². The zero-order valence-electron chi connectivity index (χ0n) is 9.58. The summed E-state index contributed by atoms with van der Waals surface area (Å²) in [5.74, 6) is 0.197. The van der Waals surface area contributed by atoms with Crippen LogP contribution in [0, 0.1) is 5.92 Å². The molecule has 1 saturated carbocycles. The summed E-state index contributed by atoms with van der Waals surface area (Å²) < 4.78 is 5.10. The molecule has 15 heavy (non-hydrogen) atoms. The number of hydrogen-bond donors (Lipinski definition) is 0. The van der Waals surface area contributed by atoms with E-state index in [0.717, 1.165) is 6.42 Å². The van der Waals surface area contributed by atoms with Gasteiger partial charge in [-0.25, -0.2) is 0 Å². The van der Waals surface area contributed by atoms with Crippen molar-refractivity contribution in [2.24, 2.45) is 5.92 Å². The summed E-state index contributed by atoms with van der Waals surface area (Å²) in [6.07, 6.45) is 6.16. The second kappa shape index (κ2) is 4.97. The highest BCUT2D eigenvalue weighted by Gasteiger charge is 2.41. The normalized spacial score (nSPS) is 32.1. The molecule has 1 saturated heterocycles. The fraction of sp³-hybridized carbons (Fsp3) is 0.917. The van der Waals surface area contributed by atoms with Gasteiger partial charge in [0.1, 0.15) is 0 Å². The van der Waals surface area contributed by atoms with Crippen LogP contribution < -0.4 is 0 Å². The van der Waals surface area contributed by atoms with Gasteiger partial charge in [-0.3, -0.25) is 9.69 Å². The van der Waals surface area contributed by atoms with Crippen molar-refractivity contribution in [3.05, 3.63) is 0 Å². The molecule has 2 unspecified atom stereocenters. The van der Waals surface area contributed by atoms with E-state index in [4.69, 9.17) is 4.74 Å². The predicted octanol–water partition coefficient (Wildman–Crippen LogP) is 1.81. The summed E-state index contributed by atoms with van der Waals surface area (Å²) >= 11 is 0. The molecule has 2 atom stereocenters. The number of nitrogens with zero attached hydrogens (tertiary/aromatic N) is 1. The summed E-state index contributed by atoms with van der Waals surface area (Å²) in [6.45, 7) is 4.76. The van der Waals surface area contributed by atoms with E-state index >= 15 is 0 Å². The molecule has 0 N–H and O–H groups in total. The van der Waals surface area contributed by atoms with Crippen molar-refractivity contribution in [2.45, 2.75) is 45.1 Å². The van der Waals surface area contributed by atoms with E-state index in [9.17, 15) is 4.79 Å². The number of ether oxygens (including phenoxy) is 1. The lowest BCUT2D eigenvalue weighted by molar-refractivity contribution is -0.155. The van der Waals surface area contributed by atoms with Crippen molar-refractivity contribution in [1.29, 1.82) is 0 Å². The number of piperidine rings is 1. The quantitative estimate of drug-likeness (QED) is 0.667. The lowest BCUT2D eigenvalue weighted by Gasteiger charge is -2.44. The van der Waals surface area contributed by atoms with Crippen LogP contribution in [0.1, 0.15) is 39.0 Å². The predicted molar refractivity (Wildman–Crippen MR) is 58.6 cm³/mol. The second-order valence-corrected chi connectivity index (χ2v) is 4.60. The Bertz CT molecular complexity index is 224. The molecule has 0 aromatic heterocycles. The summed E-state index contributed by atoms with van der Waals surface area (Å²) in [6, 6.07) is 0.490. The SMILES string of the molecule is CCOC(=O)C1CCC1N1CCCCC1. The van der Waals surface area contributed by atoms with Gasteiger partial charge in [-0.05, 0) is 45.7 Å². The molecule has 0 radical (unpaired) electrons. The molecule has 0 amide bonds. The molecule has 3 heteroatoms. The maximum atomic E-state index is 11.6. The molecule has 3 nitrogen and oxygen atoms in total. The monoisotopic (exact) mass is 211 g/mol. The highest BCUT2D eigenvalue weighted by atomic mass is 16.5. The molecule has 0 spiro atoms. The Morgan fingerprint density at radius 3 is 2.53 bits per heavy atom. The summed E-state index contributed by atoms with van der Waals surface area (Å²) in [5.41, 5.74) is 0. The lowest BCUT2D eigenvalue weighted by Crippen LogP contribution is -2.52. The number of esters is 1. The van der Waals surface area contributed by atoms with Gasteiger partial charge in [0, 0.05) is 6.04 Å². The minimum atomic E-state index is 0.0272. The van der Waals surface area contributed by atoms with Crippen LogP contribution in [-0.2, 0) is 9.53 Å². The first-order chi connectivity index (χ1) is 7.33. The Morgan fingerprint density at radius 2 is 2.00 bits per heavy atom. The summed E-state index contributed by atoms with van der Waals surface area (Å²) in [7, 11) is 0. The topological polar surface area (TPSA) is 29.5 Å². The van der Waals surface area contributed by atoms with Crippen molar-refractivity contribution in [1.82, 2.24) is 4.90 Å². The average Bonchev–Trinajstić information content (AvgIpc) is 2.18. The zero-order valence-corrected chi connectivity index (χ0v) is 9.58. The number of carbonyl (C=O) groups excluding carboxylic acids is 1. The van der Waals surface area contributed by atoms with Crippen LogP contribution in [0.3, 0.4) is 0 Å². The van der Waals surface area contributed by atoms with E-state index in [2.05, 4.69) is 4.90 Å². The molecule has 2 aliphatic rings. The van der Waals surface area contributed by atoms with Gasteiger partial charge in [0.2, 0.25) is 0 Å². The molecule has 2 rings (SSSR count). The van der Waals surface area contributed by atoms with E-state index in [1.807, 2.05) is 6.92 Å². The largest absolute Gasteiger partial charge is 0.466 e. The van der Waals surface area contributed by atoms with Gasteiger partial charge in [-0.2, -0.15) is 0 Å². The highest BCUT2D eigenvalue weighted by Crippen LogP contribution is 2.34. The van der Waals surface area contributed by atoms with Crippen molar-refractivity contribution < 1.29 is 9.53 Å². The number of likely N-dealkylation sites (tertiary alicyclic amines) is 1. The Balaban J connectivity index is 1.84. The van der Waals surface area contributed by atoms with Crippen molar-refractivity contribution in [3.8, 4) is 0 Å². The van der Waals surface area contributed by atoms with Gasteiger partial charge in [0.25, 0.3) is 0 Å². The smallest absolute Gasteiger partial charge is 0.310 e. The zero-order chi connectivity index (χ0) is 10.7. The van der Waals surface area contributed by atoms with Crippen LogP contribution in [-0.4, -0.2) is 36.6 Å². The summed E-state index contributed by atoms with van der Waals surface area (Å²) in [4.78, 5) is 14.1. The maximum Gasteiger partial charge on any atom is 0.310 e. The lowest BCUT2D eigenvalue weighted by atomic mass is 9.78. The van der Waals surface area contributed by atoms with E-state index in [-0.39, 0.29) is 11.9 Å². The van der Waals surface area contributed by atoms with Gasteiger partial charge >= 0.3 is 5.97 Å². The van der Waals surface area contributed by atoms with Crippen LogP contribution in [0.25, 0.3) is 0 Å². The fourth-order valence-electron chi connectivity index (χ4n) is 2.69. The number of carbonyl (C=O) groups is 1. The van der Waals surface area contributed by atoms with Crippen LogP contribution >= 0.6 is 0 Å². The molecule has 0 bridgehead atoms. The van der Waals surface area contributed by atoms with E-state index in [1.54, 1.807) is 0 Å². The van der Waals surface area contributed by atoms with Gasteiger partial charge in [0.05, 0.1) is 12.5 Å². The Hall–Kier alpha value is -0.570. The van der Waals surface area contributed by atoms with E-state index < -0.39 is 0 Å². The Kier molecular flexibility index (Phi) is 3.62. The molecule has 2 fully saturated rings. The molecule has 86 valence electrons. The van der Waals surface area contributed by atoms with Gasteiger partial charge in [-0.15, -0.1) is 0 Å². The molecule has 1 aliphatic heterocycles. The third kappa shape index (κ3) is 2.33. The van der Waals surface area contributed by atoms with Crippen LogP contribution in [0.2, 0.25) is 0 Å². The molecular formula is C12H21NO2. The highest BCUT2D eigenvalue weighted by molar-refractivity contribution is 5.74. The first-order valence-corrected chi connectivity index (χ1v) is 6.23. The van der Waals surface area contributed by atoms with Crippen LogP contribution in [0.5, 0.6) is 0 Å². The minimum Gasteiger partial charge on any atom is -0.466 e. The standard InChI is InChI=1S/C12H21NO2/c1-2-15-12(14)10-6-7-11(10)13-8-4-3-5-9-13/h10-11H,2-9H2,1H3. The first-order valence-electron chi connectivity index (χ1n) is 6.23. The number of rotatable bonds is 3. The number of hydrogen-bond acceptors (Lipinski definition) is 3. The fourth-order valence-corrected chi connectivity index (χ4v) is 2.69. The van der Waals surface area contributed by atoms with Gasteiger partial charge in [-0.1, -0.05) is 6.42 Å². The van der Waals surface area contributed by atoms with E-state index in [1.165, 1.54) is 38.8 Å². The molecule has 1 aliphatic carbocycles. The Labute approximate surface area is 91.8 Å².